The summed E-state index contributed by atoms with van der Waals surface area (Å²) in [5.41, 5.74) is 8.38. The van der Waals surface area contributed by atoms with Crippen LogP contribution in [-0.4, -0.2) is 13.1 Å². The van der Waals surface area contributed by atoms with Crippen molar-refractivity contribution in [3.05, 3.63) is 35.4 Å². The predicted octanol–water partition coefficient (Wildman–Crippen LogP) is 1.86. The Hall–Kier alpha value is -0.860. The Morgan fingerprint density at radius 2 is 2.33 bits per heavy atom. The molecule has 2 heteroatoms. The summed E-state index contributed by atoms with van der Waals surface area (Å²) in [6.45, 7) is 5.25. The Labute approximate surface area is 91.9 Å². The summed E-state index contributed by atoms with van der Waals surface area (Å²) in [5, 5.41) is 3.44. The van der Waals surface area contributed by atoms with Gasteiger partial charge in [0, 0.05) is 6.54 Å². The maximum absolute atomic E-state index is 5.67. The lowest BCUT2D eigenvalue weighted by Gasteiger charge is -2.30. The maximum atomic E-state index is 5.67. The van der Waals surface area contributed by atoms with E-state index in [-0.39, 0.29) is 0 Å². The number of nitrogens with one attached hydrogen (secondary N) is 1. The molecule has 2 unspecified atom stereocenters. The third-order valence-electron chi connectivity index (χ3n) is 3.40. The van der Waals surface area contributed by atoms with Crippen molar-refractivity contribution >= 4 is 0 Å². The van der Waals surface area contributed by atoms with Crippen LogP contribution in [0.25, 0.3) is 0 Å². The molecule has 0 bridgehead atoms. The van der Waals surface area contributed by atoms with Crippen molar-refractivity contribution in [3.8, 4) is 0 Å². The molecule has 1 aliphatic heterocycles. The predicted molar refractivity (Wildman–Crippen MR) is 63.7 cm³/mol. The van der Waals surface area contributed by atoms with Gasteiger partial charge in [-0.2, -0.15) is 0 Å². The molecule has 0 spiro atoms. The molecule has 0 amide bonds. The minimum absolute atomic E-state index is 0.646. The third kappa shape index (κ3) is 2.39. The highest BCUT2D eigenvalue weighted by molar-refractivity contribution is 5.27. The molecule has 0 saturated carbocycles. The standard InChI is InChI=1S/C13H20N2/c1-10-9-15-6-5-13(10)12-4-2-3-11(7-12)8-14/h2-4,7,10,13,15H,5-6,8-9,14H2,1H3. The molecule has 1 fully saturated rings. The zero-order chi connectivity index (χ0) is 10.7. The van der Waals surface area contributed by atoms with Crippen LogP contribution in [0.2, 0.25) is 0 Å². The normalized spacial score (nSPS) is 26.5. The van der Waals surface area contributed by atoms with Crippen LogP contribution in [-0.2, 0) is 6.54 Å². The van der Waals surface area contributed by atoms with Crippen molar-refractivity contribution in [2.24, 2.45) is 11.7 Å². The summed E-state index contributed by atoms with van der Waals surface area (Å²) in [4.78, 5) is 0. The van der Waals surface area contributed by atoms with Crippen LogP contribution < -0.4 is 11.1 Å². The van der Waals surface area contributed by atoms with Gasteiger partial charge < -0.3 is 11.1 Å². The van der Waals surface area contributed by atoms with Gasteiger partial charge in [-0.25, -0.2) is 0 Å². The van der Waals surface area contributed by atoms with Crippen LogP contribution in [0.5, 0.6) is 0 Å². The molecule has 0 radical (unpaired) electrons. The number of piperidine rings is 1. The van der Waals surface area contributed by atoms with Crippen molar-refractivity contribution in [2.75, 3.05) is 13.1 Å². The number of nitrogens with two attached hydrogens (primary N) is 1. The van der Waals surface area contributed by atoms with Crippen molar-refractivity contribution in [3.63, 3.8) is 0 Å². The van der Waals surface area contributed by atoms with Crippen LogP contribution >= 0.6 is 0 Å². The van der Waals surface area contributed by atoms with Gasteiger partial charge in [0.05, 0.1) is 0 Å². The average molecular weight is 204 g/mol. The lowest BCUT2D eigenvalue weighted by atomic mass is 9.82. The minimum Gasteiger partial charge on any atom is -0.326 e. The van der Waals surface area contributed by atoms with Gasteiger partial charge in [0.2, 0.25) is 0 Å². The quantitative estimate of drug-likeness (QED) is 0.771. The summed E-state index contributed by atoms with van der Waals surface area (Å²) in [6, 6.07) is 8.75. The van der Waals surface area contributed by atoms with Gasteiger partial charge in [-0.1, -0.05) is 31.2 Å². The van der Waals surface area contributed by atoms with Crippen LogP contribution in [0.15, 0.2) is 24.3 Å². The lowest BCUT2D eigenvalue weighted by molar-refractivity contribution is 0.349. The average Bonchev–Trinajstić information content (AvgIpc) is 2.30. The van der Waals surface area contributed by atoms with E-state index >= 15 is 0 Å². The van der Waals surface area contributed by atoms with Crippen LogP contribution in [0.3, 0.4) is 0 Å². The highest BCUT2D eigenvalue weighted by atomic mass is 14.9. The fourth-order valence-corrected chi connectivity index (χ4v) is 2.46. The summed E-state index contributed by atoms with van der Waals surface area (Å²) >= 11 is 0. The monoisotopic (exact) mass is 204 g/mol. The molecule has 3 N–H and O–H groups in total. The molecule has 2 nitrogen and oxygen atoms in total. The fourth-order valence-electron chi connectivity index (χ4n) is 2.46. The molecule has 2 rings (SSSR count). The van der Waals surface area contributed by atoms with Crippen molar-refractivity contribution < 1.29 is 0 Å². The van der Waals surface area contributed by atoms with E-state index in [0.29, 0.717) is 12.5 Å². The number of hydrogen-bond donors (Lipinski definition) is 2. The zero-order valence-electron chi connectivity index (χ0n) is 9.37. The first-order chi connectivity index (χ1) is 7.31. The Kier molecular flexibility index (Phi) is 3.39. The van der Waals surface area contributed by atoms with E-state index in [0.717, 1.165) is 19.0 Å². The highest BCUT2D eigenvalue weighted by Gasteiger charge is 2.22. The lowest BCUT2D eigenvalue weighted by Crippen LogP contribution is -2.33. The largest absolute Gasteiger partial charge is 0.326 e. The Bertz CT molecular complexity index is 322. The number of hydrogen-bond acceptors (Lipinski definition) is 2. The number of benzene rings is 1. The number of rotatable bonds is 2. The van der Waals surface area contributed by atoms with E-state index in [4.69, 9.17) is 5.73 Å². The Morgan fingerprint density at radius 1 is 1.47 bits per heavy atom. The first kappa shape index (κ1) is 10.7. The topological polar surface area (TPSA) is 38.0 Å². The second-order valence-corrected chi connectivity index (χ2v) is 4.53. The molecule has 15 heavy (non-hydrogen) atoms. The molecular formula is C13H20N2. The maximum Gasteiger partial charge on any atom is 0.0178 e. The van der Waals surface area contributed by atoms with Gasteiger partial charge in [0.1, 0.15) is 0 Å². The molecular weight excluding hydrogens is 184 g/mol. The van der Waals surface area contributed by atoms with Crippen LogP contribution in [0.4, 0.5) is 0 Å². The van der Waals surface area contributed by atoms with E-state index in [1.54, 1.807) is 0 Å². The van der Waals surface area contributed by atoms with E-state index in [1.807, 2.05) is 0 Å². The van der Waals surface area contributed by atoms with Crippen molar-refractivity contribution in [1.82, 2.24) is 5.32 Å². The third-order valence-corrected chi connectivity index (χ3v) is 3.40. The molecule has 1 saturated heterocycles. The Morgan fingerprint density at radius 3 is 3.07 bits per heavy atom. The second kappa shape index (κ2) is 4.77. The van der Waals surface area contributed by atoms with E-state index in [2.05, 4.69) is 36.5 Å². The fraction of sp³-hybridized carbons (Fsp3) is 0.538. The molecule has 1 heterocycles. The van der Waals surface area contributed by atoms with Gasteiger partial charge >= 0.3 is 0 Å². The molecule has 2 atom stereocenters. The second-order valence-electron chi connectivity index (χ2n) is 4.53. The van der Waals surface area contributed by atoms with Gasteiger partial charge in [-0.15, -0.1) is 0 Å². The molecule has 0 aliphatic carbocycles. The molecule has 1 aliphatic rings. The van der Waals surface area contributed by atoms with Crippen LogP contribution in [0, 0.1) is 5.92 Å². The van der Waals surface area contributed by atoms with Gasteiger partial charge in [0.25, 0.3) is 0 Å². The molecule has 1 aromatic rings. The van der Waals surface area contributed by atoms with E-state index in [1.165, 1.54) is 17.5 Å². The summed E-state index contributed by atoms with van der Waals surface area (Å²) in [6.07, 6.45) is 1.25. The van der Waals surface area contributed by atoms with Gasteiger partial charge in [-0.05, 0) is 42.5 Å². The molecule has 0 aromatic heterocycles. The SMILES string of the molecule is CC1CNCCC1c1cccc(CN)c1. The minimum atomic E-state index is 0.646. The van der Waals surface area contributed by atoms with E-state index in [9.17, 15) is 0 Å². The first-order valence-electron chi connectivity index (χ1n) is 5.81. The Balaban J connectivity index is 2.19. The van der Waals surface area contributed by atoms with Crippen LogP contribution in [0.1, 0.15) is 30.4 Å². The zero-order valence-corrected chi connectivity index (χ0v) is 9.37. The smallest absolute Gasteiger partial charge is 0.0178 e. The van der Waals surface area contributed by atoms with E-state index < -0.39 is 0 Å². The van der Waals surface area contributed by atoms with Crippen molar-refractivity contribution in [1.29, 1.82) is 0 Å². The first-order valence-corrected chi connectivity index (χ1v) is 5.81. The highest BCUT2D eigenvalue weighted by Crippen LogP contribution is 2.30. The molecule has 82 valence electrons. The molecule has 1 aromatic carbocycles. The summed E-state index contributed by atoms with van der Waals surface area (Å²) in [5.74, 6) is 1.43. The van der Waals surface area contributed by atoms with Crippen molar-refractivity contribution in [2.45, 2.75) is 25.8 Å². The summed E-state index contributed by atoms with van der Waals surface area (Å²) < 4.78 is 0. The van der Waals surface area contributed by atoms with Gasteiger partial charge in [-0.3, -0.25) is 0 Å². The summed E-state index contributed by atoms with van der Waals surface area (Å²) in [7, 11) is 0. The van der Waals surface area contributed by atoms with Gasteiger partial charge in [0.15, 0.2) is 0 Å².